The lowest BCUT2D eigenvalue weighted by Gasteiger charge is -2.48. The number of rotatable bonds is 2. The molecule has 2 aliphatic rings. The number of H-pyrrole nitrogens is 1. The standard InChI is InChI=1S/C18H21FN4O2/c19-14-3-1-4-15(9-14)22-6-2-5-18(11-22)12-23(7-8-25-18)17(24)16-10-20-13-21-16/h1,3-4,9-10,13H,2,5-8,11-12H2,(H,20,21)/t18-/m0/s1. The lowest BCUT2D eigenvalue weighted by atomic mass is 9.90. The van der Waals surface area contributed by atoms with Crippen LogP contribution in [0.15, 0.2) is 36.8 Å². The van der Waals surface area contributed by atoms with Crippen molar-refractivity contribution in [3.8, 4) is 0 Å². The Morgan fingerprint density at radius 2 is 2.24 bits per heavy atom. The van der Waals surface area contributed by atoms with Gasteiger partial charge in [-0.25, -0.2) is 9.37 Å². The number of nitrogens with zero attached hydrogens (tertiary/aromatic N) is 3. The van der Waals surface area contributed by atoms with Crippen LogP contribution in [0.3, 0.4) is 0 Å². The van der Waals surface area contributed by atoms with Crippen molar-refractivity contribution in [3.05, 3.63) is 48.3 Å². The Kier molecular flexibility index (Phi) is 4.17. The number of piperidine rings is 1. The van der Waals surface area contributed by atoms with E-state index in [0.29, 0.717) is 31.9 Å². The van der Waals surface area contributed by atoms with E-state index in [4.69, 9.17) is 4.74 Å². The molecule has 2 aliphatic heterocycles. The maximum absolute atomic E-state index is 13.6. The number of hydrogen-bond donors (Lipinski definition) is 1. The second-order valence-corrected chi connectivity index (χ2v) is 6.73. The van der Waals surface area contributed by atoms with Crippen LogP contribution in [0, 0.1) is 5.82 Å². The van der Waals surface area contributed by atoms with E-state index < -0.39 is 5.60 Å². The Labute approximate surface area is 145 Å². The van der Waals surface area contributed by atoms with Crippen molar-refractivity contribution in [1.82, 2.24) is 14.9 Å². The van der Waals surface area contributed by atoms with Crippen molar-refractivity contribution in [2.24, 2.45) is 0 Å². The Morgan fingerprint density at radius 3 is 3.04 bits per heavy atom. The number of aromatic amines is 1. The summed E-state index contributed by atoms with van der Waals surface area (Å²) in [7, 11) is 0. The third-order valence-corrected chi connectivity index (χ3v) is 4.98. The Hall–Kier alpha value is -2.41. The van der Waals surface area contributed by atoms with E-state index in [1.165, 1.54) is 12.4 Å². The van der Waals surface area contributed by atoms with E-state index >= 15 is 0 Å². The number of ether oxygens (including phenoxy) is 1. The number of carbonyl (C=O) groups excluding carboxylic acids is 1. The molecular weight excluding hydrogens is 323 g/mol. The molecule has 0 saturated carbocycles. The van der Waals surface area contributed by atoms with Crippen LogP contribution in [0.5, 0.6) is 0 Å². The summed E-state index contributed by atoms with van der Waals surface area (Å²) in [5.74, 6) is -0.291. The minimum atomic E-state index is -0.404. The SMILES string of the molecule is O=C(c1cnc[nH]1)N1CCO[C@]2(CCCN(c3cccc(F)c3)C2)C1. The summed E-state index contributed by atoms with van der Waals surface area (Å²) in [6.07, 6.45) is 4.90. The molecule has 1 N–H and O–H groups in total. The van der Waals surface area contributed by atoms with Gasteiger partial charge >= 0.3 is 0 Å². The molecule has 0 radical (unpaired) electrons. The van der Waals surface area contributed by atoms with Crippen LogP contribution in [0.4, 0.5) is 10.1 Å². The molecule has 25 heavy (non-hydrogen) atoms. The minimum Gasteiger partial charge on any atom is -0.369 e. The van der Waals surface area contributed by atoms with Crippen LogP contribution in [0.1, 0.15) is 23.3 Å². The van der Waals surface area contributed by atoms with Crippen molar-refractivity contribution < 1.29 is 13.9 Å². The molecule has 7 heteroatoms. The fourth-order valence-electron chi connectivity index (χ4n) is 3.80. The summed E-state index contributed by atoms with van der Waals surface area (Å²) >= 11 is 0. The summed E-state index contributed by atoms with van der Waals surface area (Å²) < 4.78 is 19.7. The molecule has 132 valence electrons. The van der Waals surface area contributed by atoms with Gasteiger partial charge in [0.2, 0.25) is 0 Å². The predicted molar refractivity (Wildman–Crippen MR) is 91.0 cm³/mol. The van der Waals surface area contributed by atoms with Crippen LogP contribution in [-0.4, -0.2) is 59.2 Å². The van der Waals surface area contributed by atoms with Gasteiger partial charge in [0.15, 0.2) is 0 Å². The number of carbonyl (C=O) groups is 1. The van der Waals surface area contributed by atoms with E-state index in [0.717, 1.165) is 25.1 Å². The first-order valence-corrected chi connectivity index (χ1v) is 8.57. The molecule has 0 unspecified atom stereocenters. The molecule has 1 aromatic heterocycles. The summed E-state index contributed by atoms with van der Waals surface area (Å²) in [6, 6.07) is 6.64. The van der Waals surface area contributed by atoms with Gasteiger partial charge < -0.3 is 19.5 Å². The van der Waals surface area contributed by atoms with Crippen LogP contribution in [0.25, 0.3) is 0 Å². The quantitative estimate of drug-likeness (QED) is 0.906. The fraction of sp³-hybridized carbons (Fsp3) is 0.444. The highest BCUT2D eigenvalue weighted by Crippen LogP contribution is 2.32. The minimum absolute atomic E-state index is 0.0527. The predicted octanol–water partition coefficient (Wildman–Crippen LogP) is 2.06. The lowest BCUT2D eigenvalue weighted by molar-refractivity contribution is -0.105. The summed E-state index contributed by atoms with van der Waals surface area (Å²) in [4.78, 5) is 23.4. The summed E-state index contributed by atoms with van der Waals surface area (Å²) in [5, 5.41) is 0. The highest BCUT2D eigenvalue weighted by molar-refractivity contribution is 5.92. The summed E-state index contributed by atoms with van der Waals surface area (Å²) in [5.41, 5.74) is 0.952. The second kappa shape index (κ2) is 6.48. The molecule has 1 spiro atoms. The van der Waals surface area contributed by atoms with Gasteiger partial charge in [0.25, 0.3) is 5.91 Å². The van der Waals surface area contributed by atoms with E-state index in [2.05, 4.69) is 14.9 Å². The monoisotopic (exact) mass is 344 g/mol. The zero-order valence-corrected chi connectivity index (χ0v) is 13.9. The highest BCUT2D eigenvalue weighted by Gasteiger charge is 2.42. The highest BCUT2D eigenvalue weighted by atomic mass is 19.1. The number of imidazole rings is 1. The smallest absolute Gasteiger partial charge is 0.272 e. The van der Waals surface area contributed by atoms with Crippen molar-refractivity contribution in [2.45, 2.75) is 18.4 Å². The maximum atomic E-state index is 13.6. The fourth-order valence-corrected chi connectivity index (χ4v) is 3.80. The van der Waals surface area contributed by atoms with Gasteiger partial charge in [-0.1, -0.05) is 6.07 Å². The van der Waals surface area contributed by atoms with Gasteiger partial charge in [-0.3, -0.25) is 4.79 Å². The zero-order chi connectivity index (χ0) is 17.3. The first-order chi connectivity index (χ1) is 12.2. The Balaban J connectivity index is 1.51. The van der Waals surface area contributed by atoms with E-state index in [1.807, 2.05) is 11.0 Å². The van der Waals surface area contributed by atoms with Crippen molar-refractivity contribution in [2.75, 3.05) is 37.7 Å². The number of nitrogens with one attached hydrogen (secondary N) is 1. The van der Waals surface area contributed by atoms with Crippen molar-refractivity contribution in [3.63, 3.8) is 0 Å². The van der Waals surface area contributed by atoms with Crippen molar-refractivity contribution in [1.29, 1.82) is 0 Å². The number of halogens is 1. The molecule has 0 bridgehead atoms. The van der Waals surface area contributed by atoms with Gasteiger partial charge in [-0.15, -0.1) is 0 Å². The number of hydrogen-bond acceptors (Lipinski definition) is 4. The molecule has 1 aromatic carbocycles. The van der Waals surface area contributed by atoms with Crippen LogP contribution < -0.4 is 4.90 Å². The largest absolute Gasteiger partial charge is 0.369 e. The van der Waals surface area contributed by atoms with Crippen LogP contribution in [-0.2, 0) is 4.74 Å². The maximum Gasteiger partial charge on any atom is 0.272 e. The molecule has 6 nitrogen and oxygen atoms in total. The average Bonchev–Trinajstić information content (AvgIpc) is 3.16. The molecule has 0 aliphatic carbocycles. The van der Waals surface area contributed by atoms with E-state index in [-0.39, 0.29) is 11.7 Å². The third-order valence-electron chi connectivity index (χ3n) is 4.98. The molecule has 2 saturated heterocycles. The van der Waals surface area contributed by atoms with Gasteiger partial charge in [0.1, 0.15) is 17.1 Å². The van der Waals surface area contributed by atoms with Gasteiger partial charge in [-0.2, -0.15) is 0 Å². The second-order valence-electron chi connectivity index (χ2n) is 6.73. The van der Waals surface area contributed by atoms with E-state index in [9.17, 15) is 9.18 Å². The summed E-state index contributed by atoms with van der Waals surface area (Å²) in [6.45, 7) is 3.14. The van der Waals surface area contributed by atoms with Gasteiger partial charge in [0, 0.05) is 25.3 Å². The van der Waals surface area contributed by atoms with Crippen molar-refractivity contribution >= 4 is 11.6 Å². The molecule has 1 atom stereocenters. The molecule has 2 aromatic rings. The molecular formula is C18H21FN4O2. The molecule has 4 rings (SSSR count). The van der Waals surface area contributed by atoms with Gasteiger partial charge in [-0.05, 0) is 31.0 Å². The topological polar surface area (TPSA) is 61.5 Å². The Morgan fingerprint density at radius 1 is 1.32 bits per heavy atom. The van der Waals surface area contributed by atoms with Crippen LogP contribution >= 0.6 is 0 Å². The lowest BCUT2D eigenvalue weighted by Crippen LogP contribution is -2.60. The number of aromatic nitrogens is 2. The van der Waals surface area contributed by atoms with Gasteiger partial charge in [0.05, 0.1) is 25.7 Å². The first kappa shape index (κ1) is 16.1. The number of anilines is 1. The number of benzene rings is 1. The zero-order valence-electron chi connectivity index (χ0n) is 13.9. The van der Waals surface area contributed by atoms with E-state index in [1.54, 1.807) is 18.3 Å². The molecule has 3 heterocycles. The number of amides is 1. The molecule has 2 fully saturated rings. The first-order valence-electron chi connectivity index (χ1n) is 8.57. The normalized spacial score (nSPS) is 23.9. The Bertz CT molecular complexity index is 747. The molecule has 1 amide bonds. The number of morpholine rings is 1. The third kappa shape index (κ3) is 3.24. The average molecular weight is 344 g/mol. The van der Waals surface area contributed by atoms with Crippen LogP contribution in [0.2, 0.25) is 0 Å².